The van der Waals surface area contributed by atoms with Crippen molar-refractivity contribution in [3.05, 3.63) is 18.2 Å². The number of ether oxygens (including phenoxy) is 2. The van der Waals surface area contributed by atoms with E-state index in [4.69, 9.17) is 9.47 Å². The molecule has 2 rings (SSSR count). The van der Waals surface area contributed by atoms with Crippen LogP contribution in [0.4, 0.5) is 0 Å². The summed E-state index contributed by atoms with van der Waals surface area (Å²) < 4.78 is 59.7. The number of carbonyl (C=O) groups excluding carboxylic acids is 1. The van der Waals surface area contributed by atoms with Crippen molar-refractivity contribution < 1.29 is 31.1 Å². The Bertz CT molecular complexity index is 850. The molecule has 0 saturated carbocycles. The third kappa shape index (κ3) is 5.06. The maximum Gasteiger partial charge on any atom is 0.244 e. The van der Waals surface area contributed by atoms with Crippen LogP contribution in [0.5, 0.6) is 11.5 Å². The number of amides is 1. The van der Waals surface area contributed by atoms with Crippen LogP contribution in [0.3, 0.4) is 0 Å². The van der Waals surface area contributed by atoms with E-state index >= 15 is 0 Å². The van der Waals surface area contributed by atoms with Gasteiger partial charge in [0.15, 0.2) is 9.84 Å². The van der Waals surface area contributed by atoms with Crippen LogP contribution >= 0.6 is 0 Å². The summed E-state index contributed by atoms with van der Waals surface area (Å²) in [6.07, 6.45) is 0.324. The van der Waals surface area contributed by atoms with Gasteiger partial charge in [-0.2, -0.15) is 0 Å². The Balaban J connectivity index is 2.03. The Hall–Kier alpha value is -1.85. The first-order chi connectivity index (χ1) is 11.7. The molecular weight excluding hydrogens is 372 g/mol. The quantitative estimate of drug-likeness (QED) is 0.627. The average molecular weight is 392 g/mol. The largest absolute Gasteiger partial charge is 0.497 e. The van der Waals surface area contributed by atoms with Gasteiger partial charge >= 0.3 is 0 Å². The van der Waals surface area contributed by atoms with Crippen molar-refractivity contribution in [3.63, 3.8) is 0 Å². The van der Waals surface area contributed by atoms with Gasteiger partial charge in [0.05, 0.1) is 32.3 Å². The molecule has 2 N–H and O–H groups in total. The molecule has 1 amide bonds. The third-order valence-electron chi connectivity index (χ3n) is 3.68. The Labute approximate surface area is 146 Å². The van der Waals surface area contributed by atoms with Crippen molar-refractivity contribution in [2.45, 2.75) is 17.4 Å². The van der Waals surface area contributed by atoms with E-state index in [9.17, 15) is 21.6 Å². The molecule has 1 heterocycles. The van der Waals surface area contributed by atoms with Crippen molar-refractivity contribution in [2.24, 2.45) is 0 Å². The number of carbonyl (C=O) groups is 1. The van der Waals surface area contributed by atoms with E-state index < -0.39 is 38.4 Å². The Kier molecular flexibility index (Phi) is 5.91. The summed E-state index contributed by atoms with van der Waals surface area (Å²) in [4.78, 5) is 11.7. The second-order valence-corrected chi connectivity index (χ2v) is 9.47. The molecule has 1 saturated heterocycles. The lowest BCUT2D eigenvalue weighted by atomic mass is 10.2. The van der Waals surface area contributed by atoms with Crippen LogP contribution in [0.25, 0.3) is 0 Å². The lowest BCUT2D eigenvalue weighted by molar-refractivity contribution is -0.120. The minimum atomic E-state index is -4.02. The van der Waals surface area contributed by atoms with Gasteiger partial charge in [-0.25, -0.2) is 21.6 Å². The first-order valence-corrected chi connectivity index (χ1v) is 10.7. The molecular formula is C14H20N2O7S2. The van der Waals surface area contributed by atoms with Crippen LogP contribution < -0.4 is 19.5 Å². The zero-order valence-corrected chi connectivity index (χ0v) is 15.4. The summed E-state index contributed by atoms with van der Waals surface area (Å²) in [6, 6.07) is 3.78. The van der Waals surface area contributed by atoms with Gasteiger partial charge < -0.3 is 14.8 Å². The van der Waals surface area contributed by atoms with Gasteiger partial charge in [0.1, 0.15) is 16.4 Å². The van der Waals surface area contributed by atoms with E-state index in [0.29, 0.717) is 12.2 Å². The maximum absolute atomic E-state index is 12.4. The van der Waals surface area contributed by atoms with Crippen LogP contribution in [0.2, 0.25) is 0 Å². The standard InChI is InChI=1S/C14H20N2O7S2/c1-22-11-3-4-12(23-2)13(7-11)25(20,21)15-8-14(17)16-10-5-6-24(18,19)9-10/h3-4,7,10,15H,5-6,8-9H2,1-2H3,(H,16,17). The highest BCUT2D eigenvalue weighted by Crippen LogP contribution is 2.27. The lowest BCUT2D eigenvalue weighted by Crippen LogP contribution is -2.42. The first-order valence-electron chi connectivity index (χ1n) is 7.38. The zero-order chi connectivity index (χ0) is 18.7. The molecule has 1 aliphatic rings. The summed E-state index contributed by atoms with van der Waals surface area (Å²) in [5, 5.41) is 2.51. The molecule has 0 spiro atoms. The van der Waals surface area contributed by atoms with Crippen molar-refractivity contribution in [1.82, 2.24) is 10.0 Å². The number of sulfone groups is 1. The van der Waals surface area contributed by atoms with Gasteiger partial charge in [0.25, 0.3) is 0 Å². The van der Waals surface area contributed by atoms with E-state index in [2.05, 4.69) is 10.0 Å². The fraction of sp³-hybridized carbons (Fsp3) is 0.500. The smallest absolute Gasteiger partial charge is 0.244 e. The summed E-state index contributed by atoms with van der Waals surface area (Å²) in [7, 11) is -4.42. The van der Waals surface area contributed by atoms with Crippen molar-refractivity contribution >= 4 is 25.8 Å². The second-order valence-electron chi connectivity index (χ2n) is 5.51. The van der Waals surface area contributed by atoms with Gasteiger partial charge in [0, 0.05) is 12.1 Å². The molecule has 1 fully saturated rings. The fourth-order valence-corrected chi connectivity index (χ4v) is 5.26. The number of benzene rings is 1. The highest BCUT2D eigenvalue weighted by Gasteiger charge is 2.29. The number of sulfonamides is 1. The van der Waals surface area contributed by atoms with Crippen molar-refractivity contribution in [2.75, 3.05) is 32.3 Å². The molecule has 0 bridgehead atoms. The predicted octanol–water partition coefficient (Wildman–Crippen LogP) is -0.715. The van der Waals surface area contributed by atoms with Crippen LogP contribution in [-0.2, 0) is 24.7 Å². The molecule has 1 aromatic rings. The van der Waals surface area contributed by atoms with Crippen LogP contribution in [0.1, 0.15) is 6.42 Å². The summed E-state index contributed by atoms with van der Waals surface area (Å²) in [5.74, 6) is -0.287. The minimum absolute atomic E-state index is 0.0185. The topological polar surface area (TPSA) is 128 Å². The minimum Gasteiger partial charge on any atom is -0.497 e. The van der Waals surface area contributed by atoms with E-state index in [-0.39, 0.29) is 22.2 Å². The second kappa shape index (κ2) is 7.58. The van der Waals surface area contributed by atoms with Gasteiger partial charge in [-0.05, 0) is 18.6 Å². The van der Waals surface area contributed by atoms with E-state index in [1.807, 2.05) is 0 Å². The molecule has 1 atom stereocenters. The molecule has 11 heteroatoms. The molecule has 0 aliphatic carbocycles. The third-order valence-corrected chi connectivity index (χ3v) is 6.87. The molecule has 1 unspecified atom stereocenters. The first kappa shape index (κ1) is 19.5. The maximum atomic E-state index is 12.4. The number of nitrogens with one attached hydrogen (secondary N) is 2. The van der Waals surface area contributed by atoms with E-state index in [1.54, 1.807) is 6.07 Å². The molecule has 140 valence electrons. The molecule has 9 nitrogen and oxygen atoms in total. The summed E-state index contributed by atoms with van der Waals surface area (Å²) in [5.41, 5.74) is 0. The van der Waals surface area contributed by atoms with Gasteiger partial charge in [0.2, 0.25) is 15.9 Å². The normalized spacial score (nSPS) is 19.4. The van der Waals surface area contributed by atoms with Crippen molar-refractivity contribution in [1.29, 1.82) is 0 Å². The number of methoxy groups -OCH3 is 2. The number of hydrogen-bond donors (Lipinski definition) is 2. The Morgan fingerprint density at radius 1 is 1.28 bits per heavy atom. The summed E-state index contributed by atoms with van der Waals surface area (Å²) >= 11 is 0. The monoisotopic (exact) mass is 392 g/mol. The van der Waals surface area contributed by atoms with Crippen LogP contribution in [0.15, 0.2) is 23.1 Å². The number of rotatable bonds is 7. The molecule has 25 heavy (non-hydrogen) atoms. The molecule has 1 aliphatic heterocycles. The van der Waals surface area contributed by atoms with Gasteiger partial charge in [-0.1, -0.05) is 0 Å². The average Bonchev–Trinajstić information content (AvgIpc) is 2.91. The van der Waals surface area contributed by atoms with Crippen LogP contribution in [0, 0.1) is 0 Å². The Morgan fingerprint density at radius 3 is 2.56 bits per heavy atom. The molecule has 0 radical (unpaired) electrons. The molecule has 1 aromatic carbocycles. The highest BCUT2D eigenvalue weighted by molar-refractivity contribution is 7.91. The SMILES string of the molecule is COc1ccc(OC)c(S(=O)(=O)NCC(=O)NC2CCS(=O)(=O)C2)c1. The van der Waals surface area contributed by atoms with Crippen LogP contribution in [-0.4, -0.2) is 61.1 Å². The van der Waals surface area contributed by atoms with Crippen molar-refractivity contribution in [3.8, 4) is 11.5 Å². The lowest BCUT2D eigenvalue weighted by Gasteiger charge is -2.13. The fourth-order valence-electron chi connectivity index (χ4n) is 2.42. The zero-order valence-electron chi connectivity index (χ0n) is 13.8. The predicted molar refractivity (Wildman–Crippen MR) is 89.9 cm³/mol. The van der Waals surface area contributed by atoms with E-state index in [1.165, 1.54) is 26.4 Å². The molecule has 0 aromatic heterocycles. The van der Waals surface area contributed by atoms with Gasteiger partial charge in [-0.3, -0.25) is 4.79 Å². The Morgan fingerprint density at radius 2 is 2.00 bits per heavy atom. The number of hydrogen-bond acceptors (Lipinski definition) is 7. The van der Waals surface area contributed by atoms with E-state index in [0.717, 1.165) is 0 Å². The van der Waals surface area contributed by atoms with Gasteiger partial charge in [-0.15, -0.1) is 0 Å². The highest BCUT2D eigenvalue weighted by atomic mass is 32.2. The summed E-state index contributed by atoms with van der Waals surface area (Å²) in [6.45, 7) is -0.515.